The van der Waals surface area contributed by atoms with Crippen molar-refractivity contribution in [2.24, 2.45) is 0 Å². The summed E-state index contributed by atoms with van der Waals surface area (Å²) in [5.41, 5.74) is 21.0. The van der Waals surface area contributed by atoms with Crippen LogP contribution in [0.1, 0.15) is 0 Å². The van der Waals surface area contributed by atoms with E-state index in [0.717, 1.165) is 118 Å². The molecule has 0 bridgehead atoms. The van der Waals surface area contributed by atoms with E-state index in [4.69, 9.17) is 44.9 Å². The fourth-order valence-electron chi connectivity index (χ4n) is 18.7. The molecule has 12 nitrogen and oxygen atoms in total. The van der Waals surface area contributed by atoms with E-state index >= 15 is 0 Å². The van der Waals surface area contributed by atoms with Gasteiger partial charge in [0, 0.05) is 136 Å². The van der Waals surface area contributed by atoms with Gasteiger partial charge >= 0.3 is 0 Å². The number of hydrogen-bond acceptors (Lipinski definition) is 12. The normalized spacial score (nSPS) is 11.6. The number of pyridine rings is 3. The molecule has 27 aromatic rings. The van der Waals surface area contributed by atoms with Crippen molar-refractivity contribution in [3.8, 4) is 119 Å². The Morgan fingerprint density at radius 1 is 0.174 bits per heavy atom. The molecule has 27 rings (SSSR count). The van der Waals surface area contributed by atoms with E-state index in [0.29, 0.717) is 17.5 Å². The molecule has 0 radical (unpaired) electrons. The van der Waals surface area contributed by atoms with Gasteiger partial charge in [-0.2, -0.15) is 0 Å². The van der Waals surface area contributed by atoms with Crippen molar-refractivity contribution >= 4 is 160 Å². The summed E-state index contributed by atoms with van der Waals surface area (Å²) in [6.07, 6.45) is 3.77. The van der Waals surface area contributed by atoms with Gasteiger partial charge in [0.05, 0.1) is 81.4 Å². The number of thiophene rings is 3. The number of hydrogen-bond donors (Lipinski definition) is 0. The first-order valence-electron chi connectivity index (χ1n) is 43.9. The van der Waals surface area contributed by atoms with Crippen LogP contribution < -0.4 is 0 Å². The molecule has 0 fully saturated rings. The van der Waals surface area contributed by atoms with Crippen LogP contribution in [0.15, 0.2) is 437 Å². The quantitative estimate of drug-likeness (QED) is 0.117. The van der Waals surface area contributed by atoms with E-state index < -0.39 is 0 Å². The summed E-state index contributed by atoms with van der Waals surface area (Å²) in [6.45, 7) is 0. The van der Waals surface area contributed by atoms with Crippen LogP contribution in [0.5, 0.6) is 0 Å². The minimum absolute atomic E-state index is 0.597. The maximum Gasteiger partial charge on any atom is 0.179 e. The number of rotatable bonds is 12. The van der Waals surface area contributed by atoms with Gasteiger partial charge in [-0.15, -0.1) is 34.0 Å². The van der Waals surface area contributed by atoms with Crippen LogP contribution in [-0.4, -0.2) is 58.6 Å². The second kappa shape index (κ2) is 32.7. The Balaban J connectivity index is 0.000000106. The lowest BCUT2D eigenvalue weighted by Gasteiger charge is -2.11. The first-order valence-corrected chi connectivity index (χ1v) is 46.3. The van der Waals surface area contributed by atoms with Crippen LogP contribution in [0.4, 0.5) is 0 Å². The summed E-state index contributed by atoms with van der Waals surface area (Å²) in [5, 5.41) is 15.0. The zero-order valence-electron chi connectivity index (χ0n) is 70.7. The summed E-state index contributed by atoms with van der Waals surface area (Å²) in [7, 11) is 0. The predicted octanol–water partition coefficient (Wildman–Crippen LogP) is 31.0. The zero-order valence-corrected chi connectivity index (χ0v) is 73.1. The van der Waals surface area contributed by atoms with E-state index in [1.54, 1.807) is 0 Å². The number of para-hydroxylation sites is 3. The fraction of sp³-hybridized carbons (Fsp3) is 0. The molecular formula is C117H72N12S3. The van der Waals surface area contributed by atoms with Gasteiger partial charge in [-0.05, 0) is 91.0 Å². The predicted molar refractivity (Wildman–Crippen MR) is 550 cm³/mol. The molecule has 0 saturated carbocycles. The van der Waals surface area contributed by atoms with Crippen molar-refractivity contribution in [2.45, 2.75) is 0 Å². The second-order valence-corrected chi connectivity index (χ2v) is 35.8. The molecule has 0 N–H and O–H groups in total. The number of nitrogens with zero attached hydrogens (tertiary/aromatic N) is 12. The fourth-order valence-corrected chi connectivity index (χ4v) is 22.4. The van der Waals surface area contributed by atoms with E-state index in [1.165, 1.54) is 109 Å². The van der Waals surface area contributed by atoms with Crippen LogP contribution in [0.2, 0.25) is 0 Å². The highest BCUT2D eigenvalue weighted by Crippen LogP contribution is 2.48. The van der Waals surface area contributed by atoms with Crippen LogP contribution in [-0.2, 0) is 0 Å². The van der Waals surface area contributed by atoms with Crippen molar-refractivity contribution in [1.29, 1.82) is 0 Å². The van der Waals surface area contributed by atoms with Crippen LogP contribution in [0.25, 0.3) is 245 Å². The molecule has 0 amide bonds. The lowest BCUT2D eigenvalue weighted by atomic mass is 10.1. The van der Waals surface area contributed by atoms with Crippen LogP contribution in [0, 0.1) is 0 Å². The Hall–Kier alpha value is -17.0. The molecule has 15 heteroatoms. The number of benzene rings is 15. The van der Waals surface area contributed by atoms with Gasteiger partial charge in [0.25, 0.3) is 0 Å². The van der Waals surface area contributed by atoms with E-state index in [2.05, 4.69) is 317 Å². The SMILES string of the molecule is c1ccc(-c2cc(-c3ccccc3)nc(-c3ccc(-n4c5ccccc5c5ccc6c7ccccc7sc6c54)nc3)n2)cc1.c1ccc(-c2cc(-c3ccccc3)nc(-c3cccc(-n4c5ccccc5c5ccc6c7ccccc7sc6c54)n3)n2)cc1.c1ccc(-c2cc(-c3ccccc3)nc(-c3ccnc(-n4c5ccccc5c5ccc6c7ccccc7sc6c54)c3)n2)cc1. The topological polar surface area (TPSA) is 131 Å². The van der Waals surface area contributed by atoms with Crippen LogP contribution >= 0.6 is 34.0 Å². The van der Waals surface area contributed by atoms with Crippen molar-refractivity contribution < 1.29 is 0 Å². The van der Waals surface area contributed by atoms with Crippen molar-refractivity contribution in [3.63, 3.8) is 0 Å². The Kier molecular flexibility index (Phi) is 19.2. The van der Waals surface area contributed by atoms with Gasteiger partial charge in [-0.3, -0.25) is 13.7 Å². The Labute approximate surface area is 769 Å². The Bertz CT molecular complexity index is 8620. The molecule has 0 aliphatic carbocycles. The van der Waals surface area contributed by atoms with E-state index in [1.807, 2.05) is 168 Å². The average molecular weight is 1740 g/mol. The van der Waals surface area contributed by atoms with Gasteiger partial charge in [0.2, 0.25) is 0 Å². The average Bonchev–Trinajstić information content (AvgIpc) is 1.57. The first-order chi connectivity index (χ1) is 65.4. The van der Waals surface area contributed by atoms with Crippen molar-refractivity contribution in [3.05, 3.63) is 437 Å². The smallest absolute Gasteiger partial charge is 0.179 e. The summed E-state index contributed by atoms with van der Waals surface area (Å²) in [5.74, 6) is 4.47. The largest absolute Gasteiger partial charge is 0.292 e. The highest BCUT2D eigenvalue weighted by atomic mass is 32.1. The lowest BCUT2D eigenvalue weighted by Crippen LogP contribution is -2.01. The molecule has 0 saturated heterocycles. The molecule has 132 heavy (non-hydrogen) atoms. The third-order valence-electron chi connectivity index (χ3n) is 24.8. The van der Waals surface area contributed by atoms with Crippen molar-refractivity contribution in [2.75, 3.05) is 0 Å². The summed E-state index contributed by atoms with van der Waals surface area (Å²) in [4.78, 5) is 45.5. The Morgan fingerprint density at radius 3 is 0.848 bits per heavy atom. The second-order valence-electron chi connectivity index (χ2n) is 32.6. The highest BCUT2D eigenvalue weighted by molar-refractivity contribution is 7.27. The van der Waals surface area contributed by atoms with Gasteiger partial charge in [-0.25, -0.2) is 44.9 Å². The summed E-state index contributed by atoms with van der Waals surface area (Å²) >= 11 is 5.53. The number of fused-ring (bicyclic) bond motifs is 21. The molecule has 0 unspecified atom stereocenters. The molecule has 0 aliphatic heterocycles. The minimum Gasteiger partial charge on any atom is -0.292 e. The van der Waals surface area contributed by atoms with Crippen LogP contribution in [0.3, 0.4) is 0 Å². The third kappa shape index (κ3) is 13.7. The third-order valence-corrected chi connectivity index (χ3v) is 28.4. The molecule has 12 aromatic heterocycles. The molecule has 0 atom stereocenters. The van der Waals surface area contributed by atoms with Gasteiger partial charge in [0.1, 0.15) is 23.1 Å². The molecule has 0 aliphatic rings. The Morgan fingerprint density at radius 2 is 0.485 bits per heavy atom. The van der Waals surface area contributed by atoms with Crippen molar-refractivity contribution in [1.82, 2.24) is 58.6 Å². The van der Waals surface area contributed by atoms with E-state index in [9.17, 15) is 0 Å². The van der Waals surface area contributed by atoms with E-state index in [-0.39, 0.29) is 0 Å². The molecule has 12 heterocycles. The summed E-state index contributed by atoms with van der Waals surface area (Å²) in [6, 6.07) is 148. The monoisotopic (exact) mass is 1740 g/mol. The summed E-state index contributed by atoms with van der Waals surface area (Å²) < 4.78 is 14.6. The van der Waals surface area contributed by atoms with Gasteiger partial charge < -0.3 is 0 Å². The maximum absolute atomic E-state index is 5.26. The maximum atomic E-state index is 5.26. The van der Waals surface area contributed by atoms with Gasteiger partial charge in [-0.1, -0.05) is 334 Å². The first kappa shape index (κ1) is 77.4. The zero-order chi connectivity index (χ0) is 87.1. The molecule has 618 valence electrons. The van der Waals surface area contributed by atoms with Gasteiger partial charge in [0.15, 0.2) is 17.5 Å². The molecule has 0 spiro atoms. The molecule has 15 aromatic carbocycles. The lowest BCUT2D eigenvalue weighted by molar-refractivity contribution is 1.07. The standard InChI is InChI=1S/3C39H24N4S/c1-3-12-25(13-4-1)32-24-33(26-14-5-2-6-15-26)42-39(41-32)31-18-11-21-36(40-31)43-34-19-9-7-16-27(34)29-22-23-30-28-17-8-10-20-35(28)44-38(30)37(29)43;1-3-11-25(12-4-1)32-23-33(26-13-5-2-6-14-26)42-39(41-32)27-19-22-36(40-24-27)43-34-17-9-7-15-28(34)30-20-21-31-29-16-8-10-18-35(29)44-38(31)37(30)43;1-3-11-25(12-4-1)32-24-33(26-13-5-2-6-14-26)42-39(41-32)27-21-22-40-36(23-27)43-34-17-9-7-15-28(34)30-19-20-31-29-16-8-10-18-35(29)44-38(31)37(30)43/h3*1-24H. The number of aromatic nitrogens is 12. The highest BCUT2D eigenvalue weighted by Gasteiger charge is 2.25. The molecular weight excluding hydrogens is 1670 g/mol. The minimum atomic E-state index is 0.597.